The molecular weight excluding hydrogens is 394 g/mol. The Morgan fingerprint density at radius 2 is 1.87 bits per heavy atom. The fourth-order valence-electron chi connectivity index (χ4n) is 4.30. The van der Waals surface area contributed by atoms with Gasteiger partial charge in [-0.1, -0.05) is 37.5 Å². The standard InChI is InChI=1S/C23H27N5O3/c1-16-20(17(2)28-23(26-16)24-15-25-28)13-22(30)31-14-21(29)27(18-9-5-3-6-10-18)19-11-7-4-8-12-19/h3,5-6,9-10,15,19H,4,7-8,11-14H2,1-2H3. The zero-order valence-electron chi connectivity index (χ0n) is 18.0. The van der Waals surface area contributed by atoms with Crippen LogP contribution in [0.4, 0.5) is 5.69 Å². The number of hydrogen-bond acceptors (Lipinski definition) is 6. The smallest absolute Gasteiger partial charge is 0.310 e. The third-order valence-electron chi connectivity index (χ3n) is 5.91. The average Bonchev–Trinajstić information content (AvgIpc) is 3.25. The van der Waals surface area contributed by atoms with Gasteiger partial charge in [-0.2, -0.15) is 10.1 Å². The monoisotopic (exact) mass is 421 g/mol. The number of hydrogen-bond donors (Lipinski definition) is 0. The molecule has 2 aromatic heterocycles. The summed E-state index contributed by atoms with van der Waals surface area (Å²) in [6, 6.07) is 9.77. The second-order valence-electron chi connectivity index (χ2n) is 7.96. The quantitative estimate of drug-likeness (QED) is 0.568. The van der Waals surface area contributed by atoms with E-state index in [1.807, 2.05) is 49.1 Å². The van der Waals surface area contributed by atoms with Crippen molar-refractivity contribution in [2.75, 3.05) is 11.5 Å². The number of carbonyl (C=O) groups excluding carboxylic acids is 2. The van der Waals surface area contributed by atoms with Gasteiger partial charge in [0.05, 0.1) is 6.42 Å². The van der Waals surface area contributed by atoms with E-state index in [1.165, 1.54) is 12.7 Å². The minimum Gasteiger partial charge on any atom is -0.455 e. The lowest BCUT2D eigenvalue weighted by Gasteiger charge is -2.34. The Labute approximate surface area is 181 Å². The number of para-hydroxylation sites is 1. The highest BCUT2D eigenvalue weighted by Crippen LogP contribution is 2.27. The summed E-state index contributed by atoms with van der Waals surface area (Å²) in [5.74, 6) is -0.157. The van der Waals surface area contributed by atoms with Crippen molar-refractivity contribution < 1.29 is 14.3 Å². The van der Waals surface area contributed by atoms with E-state index in [2.05, 4.69) is 15.1 Å². The first-order valence-corrected chi connectivity index (χ1v) is 10.7. The molecule has 0 N–H and O–H groups in total. The Bertz CT molecular complexity index is 1070. The summed E-state index contributed by atoms with van der Waals surface area (Å²) in [7, 11) is 0. The van der Waals surface area contributed by atoms with Crippen LogP contribution in [0.15, 0.2) is 36.7 Å². The number of benzene rings is 1. The van der Waals surface area contributed by atoms with E-state index < -0.39 is 5.97 Å². The van der Waals surface area contributed by atoms with Crippen molar-refractivity contribution >= 4 is 23.3 Å². The molecule has 1 fully saturated rings. The molecule has 2 heterocycles. The highest BCUT2D eigenvalue weighted by molar-refractivity contribution is 5.95. The normalized spacial score (nSPS) is 14.5. The van der Waals surface area contributed by atoms with Crippen LogP contribution in [0, 0.1) is 13.8 Å². The van der Waals surface area contributed by atoms with Crippen LogP contribution >= 0.6 is 0 Å². The third-order valence-corrected chi connectivity index (χ3v) is 5.91. The molecule has 1 amide bonds. The number of esters is 1. The van der Waals surface area contributed by atoms with Gasteiger partial charge < -0.3 is 9.64 Å². The van der Waals surface area contributed by atoms with E-state index in [0.717, 1.165) is 42.6 Å². The summed E-state index contributed by atoms with van der Waals surface area (Å²) in [6.45, 7) is 3.42. The Kier molecular flexibility index (Phi) is 6.25. The molecule has 0 spiro atoms. The van der Waals surface area contributed by atoms with Crippen molar-refractivity contribution in [1.29, 1.82) is 0 Å². The lowest BCUT2D eigenvalue weighted by Crippen LogP contribution is -2.44. The van der Waals surface area contributed by atoms with Crippen molar-refractivity contribution in [1.82, 2.24) is 19.6 Å². The van der Waals surface area contributed by atoms with Gasteiger partial charge in [0.2, 0.25) is 0 Å². The van der Waals surface area contributed by atoms with E-state index in [9.17, 15) is 9.59 Å². The fourth-order valence-corrected chi connectivity index (χ4v) is 4.30. The van der Waals surface area contributed by atoms with Gasteiger partial charge in [0, 0.05) is 28.7 Å². The van der Waals surface area contributed by atoms with Gasteiger partial charge in [-0.3, -0.25) is 9.59 Å². The van der Waals surface area contributed by atoms with Gasteiger partial charge in [-0.05, 0) is 38.8 Å². The van der Waals surface area contributed by atoms with Gasteiger partial charge in [-0.15, -0.1) is 0 Å². The summed E-state index contributed by atoms with van der Waals surface area (Å²) < 4.78 is 7.00. The second-order valence-corrected chi connectivity index (χ2v) is 7.96. The molecule has 0 atom stereocenters. The molecule has 0 saturated heterocycles. The Morgan fingerprint density at radius 3 is 2.61 bits per heavy atom. The van der Waals surface area contributed by atoms with Crippen LogP contribution in [0.3, 0.4) is 0 Å². The summed E-state index contributed by atoms with van der Waals surface area (Å²) in [5, 5.41) is 4.14. The van der Waals surface area contributed by atoms with Crippen LogP contribution in [0.2, 0.25) is 0 Å². The van der Waals surface area contributed by atoms with Crippen molar-refractivity contribution in [2.45, 2.75) is 58.4 Å². The zero-order valence-corrected chi connectivity index (χ0v) is 18.0. The van der Waals surface area contributed by atoms with Gasteiger partial charge in [0.25, 0.3) is 11.7 Å². The van der Waals surface area contributed by atoms with Crippen LogP contribution in [0.25, 0.3) is 5.78 Å². The minimum atomic E-state index is -0.461. The van der Waals surface area contributed by atoms with Crippen LogP contribution < -0.4 is 4.90 Å². The van der Waals surface area contributed by atoms with E-state index in [1.54, 1.807) is 4.52 Å². The second kappa shape index (κ2) is 9.24. The van der Waals surface area contributed by atoms with Gasteiger partial charge in [0.1, 0.15) is 6.33 Å². The fraction of sp³-hybridized carbons (Fsp3) is 0.435. The predicted molar refractivity (Wildman–Crippen MR) is 116 cm³/mol. The number of carbonyl (C=O) groups is 2. The molecule has 0 aliphatic heterocycles. The lowest BCUT2D eigenvalue weighted by atomic mass is 9.93. The molecule has 1 aliphatic carbocycles. The first kappa shape index (κ1) is 21.0. The molecule has 1 saturated carbocycles. The number of fused-ring (bicyclic) bond motifs is 1. The van der Waals surface area contributed by atoms with Gasteiger partial charge >= 0.3 is 5.97 Å². The number of aromatic nitrogens is 4. The molecule has 31 heavy (non-hydrogen) atoms. The maximum Gasteiger partial charge on any atom is 0.310 e. The number of anilines is 1. The van der Waals surface area contributed by atoms with Crippen molar-refractivity contribution in [3.05, 3.63) is 53.6 Å². The summed E-state index contributed by atoms with van der Waals surface area (Å²) >= 11 is 0. The van der Waals surface area contributed by atoms with E-state index in [0.29, 0.717) is 11.5 Å². The third kappa shape index (κ3) is 4.57. The maximum atomic E-state index is 13.1. The van der Waals surface area contributed by atoms with E-state index in [4.69, 9.17) is 4.74 Å². The number of rotatable bonds is 6. The van der Waals surface area contributed by atoms with Crippen LogP contribution in [-0.4, -0.2) is 44.1 Å². The SMILES string of the molecule is Cc1nc2ncnn2c(C)c1CC(=O)OCC(=O)N(c1ccccc1)C1CCCCC1. The topological polar surface area (TPSA) is 89.7 Å². The molecule has 162 valence electrons. The summed E-state index contributed by atoms with van der Waals surface area (Å²) in [6.07, 6.45) is 6.81. The minimum absolute atomic E-state index is 0.0303. The molecule has 3 aromatic rings. The van der Waals surface area contributed by atoms with Crippen LogP contribution in [0.1, 0.15) is 49.1 Å². The Hall–Kier alpha value is -3.29. The van der Waals surface area contributed by atoms with E-state index >= 15 is 0 Å². The Morgan fingerprint density at radius 1 is 1.13 bits per heavy atom. The largest absolute Gasteiger partial charge is 0.455 e. The van der Waals surface area contributed by atoms with Crippen LogP contribution in [-0.2, 0) is 20.7 Å². The number of aryl methyl sites for hydroxylation is 2. The van der Waals surface area contributed by atoms with Crippen molar-refractivity contribution in [3.8, 4) is 0 Å². The molecule has 8 heteroatoms. The van der Waals surface area contributed by atoms with Crippen molar-refractivity contribution in [2.24, 2.45) is 0 Å². The number of amides is 1. The lowest BCUT2D eigenvalue weighted by molar-refractivity contribution is -0.147. The molecule has 8 nitrogen and oxygen atoms in total. The number of nitrogens with zero attached hydrogens (tertiary/aromatic N) is 5. The van der Waals surface area contributed by atoms with Crippen LogP contribution in [0.5, 0.6) is 0 Å². The first-order valence-electron chi connectivity index (χ1n) is 10.7. The highest BCUT2D eigenvalue weighted by atomic mass is 16.5. The van der Waals surface area contributed by atoms with E-state index in [-0.39, 0.29) is 25.0 Å². The predicted octanol–water partition coefficient (Wildman–Crippen LogP) is 3.19. The molecule has 1 aliphatic rings. The molecule has 0 bridgehead atoms. The summed E-state index contributed by atoms with van der Waals surface area (Å²) in [4.78, 5) is 35.9. The number of ether oxygens (including phenoxy) is 1. The first-order chi connectivity index (χ1) is 15.0. The Balaban J connectivity index is 1.44. The molecular formula is C23H27N5O3. The molecule has 1 aromatic carbocycles. The molecule has 0 radical (unpaired) electrons. The summed E-state index contributed by atoms with van der Waals surface area (Å²) in [5.41, 5.74) is 3.08. The average molecular weight is 422 g/mol. The highest BCUT2D eigenvalue weighted by Gasteiger charge is 2.27. The molecule has 4 rings (SSSR count). The molecule has 0 unspecified atom stereocenters. The maximum absolute atomic E-state index is 13.1. The van der Waals surface area contributed by atoms with Gasteiger partial charge in [-0.25, -0.2) is 9.50 Å². The zero-order chi connectivity index (χ0) is 21.8. The van der Waals surface area contributed by atoms with Crippen molar-refractivity contribution in [3.63, 3.8) is 0 Å². The van der Waals surface area contributed by atoms with Gasteiger partial charge in [0.15, 0.2) is 6.61 Å².